The van der Waals surface area contributed by atoms with Crippen LogP contribution in [-0.2, 0) is 19.6 Å². The Hall–Kier alpha value is -2.19. The van der Waals surface area contributed by atoms with Crippen LogP contribution in [0.25, 0.3) is 0 Å². The quantitative estimate of drug-likeness (QED) is 0.645. The van der Waals surface area contributed by atoms with Gasteiger partial charge in [-0.15, -0.1) is 0 Å². The molecule has 1 saturated heterocycles. The Morgan fingerprint density at radius 1 is 0.971 bits per heavy atom. The van der Waals surface area contributed by atoms with Gasteiger partial charge in [0.1, 0.15) is 0 Å². The number of hydrogen-bond donors (Lipinski definition) is 1. The standard InChI is InChI=1S/C26H35N3O4S/c1-4-24(30)27-22-5-7-23(8-6-22)34(32,33)29-17(2)15-28(16-18(29)3)25(31)26-12-19-9-20(13-26)11-21(10-19)14-26/h4-8,17-21H,1,9-16H2,2-3H3,(H,27,30). The average Bonchev–Trinajstić information content (AvgIpc) is 2.77. The minimum Gasteiger partial charge on any atom is -0.339 e. The number of amides is 2. The van der Waals surface area contributed by atoms with Crippen molar-refractivity contribution in [3.63, 3.8) is 0 Å². The highest BCUT2D eigenvalue weighted by molar-refractivity contribution is 7.89. The summed E-state index contributed by atoms with van der Waals surface area (Å²) in [6.07, 6.45) is 8.11. The summed E-state index contributed by atoms with van der Waals surface area (Å²) in [5.74, 6) is 2.02. The zero-order valence-corrected chi connectivity index (χ0v) is 20.9. The van der Waals surface area contributed by atoms with E-state index in [4.69, 9.17) is 0 Å². The summed E-state index contributed by atoms with van der Waals surface area (Å²) in [4.78, 5) is 27.5. The highest BCUT2D eigenvalue weighted by Gasteiger charge is 2.56. The Kier molecular flexibility index (Phi) is 5.88. The van der Waals surface area contributed by atoms with E-state index in [-0.39, 0.29) is 34.2 Å². The molecule has 184 valence electrons. The molecule has 2 amide bonds. The third-order valence-corrected chi connectivity index (χ3v) is 10.6. The molecule has 5 fully saturated rings. The van der Waals surface area contributed by atoms with Crippen LogP contribution >= 0.6 is 0 Å². The number of piperazine rings is 1. The molecule has 4 bridgehead atoms. The Morgan fingerprint density at radius 3 is 1.94 bits per heavy atom. The molecule has 2 atom stereocenters. The fourth-order valence-corrected chi connectivity index (χ4v) is 9.49. The Morgan fingerprint density at radius 2 is 1.47 bits per heavy atom. The number of nitrogens with one attached hydrogen (secondary N) is 1. The van der Waals surface area contributed by atoms with Crippen molar-refractivity contribution in [2.45, 2.75) is 69.4 Å². The molecule has 0 spiro atoms. The van der Waals surface area contributed by atoms with Crippen LogP contribution in [0.5, 0.6) is 0 Å². The summed E-state index contributed by atoms with van der Waals surface area (Å²) in [6.45, 7) is 8.07. The molecule has 1 aliphatic heterocycles. The van der Waals surface area contributed by atoms with Crippen molar-refractivity contribution < 1.29 is 18.0 Å². The van der Waals surface area contributed by atoms with E-state index in [1.165, 1.54) is 31.4 Å². The van der Waals surface area contributed by atoms with Crippen LogP contribution in [0.4, 0.5) is 5.69 Å². The number of sulfonamides is 1. The number of carbonyl (C=O) groups is 2. The van der Waals surface area contributed by atoms with Gasteiger partial charge in [-0.3, -0.25) is 9.59 Å². The first-order valence-electron chi connectivity index (χ1n) is 12.5. The van der Waals surface area contributed by atoms with Crippen molar-refractivity contribution in [3.05, 3.63) is 36.9 Å². The van der Waals surface area contributed by atoms with Crippen LogP contribution in [0.15, 0.2) is 41.8 Å². The first kappa shape index (κ1) is 23.5. The van der Waals surface area contributed by atoms with E-state index in [2.05, 4.69) is 11.9 Å². The molecule has 4 saturated carbocycles. The van der Waals surface area contributed by atoms with Gasteiger partial charge >= 0.3 is 0 Å². The fourth-order valence-electron chi connectivity index (χ4n) is 7.68. The normalized spacial score (nSPS) is 35.2. The molecular formula is C26H35N3O4S. The Labute approximate surface area is 202 Å². The zero-order chi connectivity index (χ0) is 24.3. The number of benzene rings is 1. The van der Waals surface area contributed by atoms with Crippen molar-refractivity contribution in [2.24, 2.45) is 23.2 Å². The lowest BCUT2D eigenvalue weighted by Gasteiger charge is -2.57. The highest BCUT2D eigenvalue weighted by atomic mass is 32.2. The van der Waals surface area contributed by atoms with E-state index in [1.54, 1.807) is 16.4 Å². The van der Waals surface area contributed by atoms with Crippen LogP contribution < -0.4 is 5.32 Å². The molecular weight excluding hydrogens is 450 g/mol. The molecule has 4 aliphatic carbocycles. The lowest BCUT2D eigenvalue weighted by atomic mass is 9.49. The van der Waals surface area contributed by atoms with Crippen molar-refractivity contribution in [1.82, 2.24) is 9.21 Å². The Balaban J connectivity index is 1.31. The second kappa shape index (κ2) is 8.48. The fraction of sp³-hybridized carbons (Fsp3) is 0.615. The minimum atomic E-state index is -3.74. The van der Waals surface area contributed by atoms with Gasteiger partial charge in [0.15, 0.2) is 0 Å². The van der Waals surface area contributed by atoms with Gasteiger partial charge < -0.3 is 10.2 Å². The van der Waals surface area contributed by atoms with E-state index in [1.807, 2.05) is 18.7 Å². The first-order valence-corrected chi connectivity index (χ1v) is 13.9. The summed E-state index contributed by atoms with van der Waals surface area (Å²) in [5.41, 5.74) is 0.303. The molecule has 2 unspecified atom stereocenters. The predicted molar refractivity (Wildman–Crippen MR) is 130 cm³/mol. The van der Waals surface area contributed by atoms with Crippen LogP contribution in [0.1, 0.15) is 52.4 Å². The summed E-state index contributed by atoms with van der Waals surface area (Å²) in [6, 6.07) is 5.56. The van der Waals surface area contributed by atoms with Crippen molar-refractivity contribution in [3.8, 4) is 0 Å². The number of carbonyl (C=O) groups excluding carboxylic acids is 2. The number of hydrogen-bond acceptors (Lipinski definition) is 4. The number of rotatable bonds is 5. The molecule has 0 radical (unpaired) electrons. The summed E-state index contributed by atoms with van der Waals surface area (Å²) in [7, 11) is -3.74. The van der Waals surface area contributed by atoms with Crippen LogP contribution in [0, 0.1) is 23.2 Å². The Bertz CT molecular complexity index is 1050. The molecule has 1 heterocycles. The number of nitrogens with zero attached hydrogens (tertiary/aromatic N) is 2. The lowest BCUT2D eigenvalue weighted by Crippen LogP contribution is -2.63. The second-order valence-electron chi connectivity index (χ2n) is 11.2. The van der Waals surface area contributed by atoms with Crippen LogP contribution in [0.3, 0.4) is 0 Å². The van der Waals surface area contributed by atoms with Crippen LogP contribution in [0.2, 0.25) is 0 Å². The molecule has 34 heavy (non-hydrogen) atoms. The topological polar surface area (TPSA) is 86.8 Å². The van der Waals surface area contributed by atoms with Crippen molar-refractivity contribution in [1.29, 1.82) is 0 Å². The smallest absolute Gasteiger partial charge is 0.247 e. The maximum absolute atomic E-state index is 13.8. The van der Waals surface area contributed by atoms with E-state index >= 15 is 0 Å². The lowest BCUT2D eigenvalue weighted by molar-refractivity contribution is -0.160. The van der Waals surface area contributed by atoms with E-state index in [0.717, 1.165) is 25.3 Å². The monoisotopic (exact) mass is 485 g/mol. The minimum absolute atomic E-state index is 0.184. The van der Waals surface area contributed by atoms with E-state index in [0.29, 0.717) is 36.5 Å². The largest absolute Gasteiger partial charge is 0.339 e. The van der Waals surface area contributed by atoms with Gasteiger partial charge in [0.2, 0.25) is 21.8 Å². The summed E-state index contributed by atoms with van der Waals surface area (Å²) < 4.78 is 28.6. The molecule has 1 N–H and O–H groups in total. The van der Waals surface area contributed by atoms with Gasteiger partial charge in [-0.25, -0.2) is 8.42 Å². The maximum atomic E-state index is 13.8. The molecule has 8 heteroatoms. The van der Waals surface area contributed by atoms with Crippen LogP contribution in [-0.4, -0.2) is 54.6 Å². The third-order valence-electron chi connectivity index (χ3n) is 8.50. The number of anilines is 1. The average molecular weight is 486 g/mol. The third kappa shape index (κ3) is 3.98. The van der Waals surface area contributed by atoms with E-state index < -0.39 is 10.0 Å². The molecule has 5 aliphatic rings. The maximum Gasteiger partial charge on any atom is 0.247 e. The molecule has 7 nitrogen and oxygen atoms in total. The van der Waals surface area contributed by atoms with Gasteiger partial charge in [0, 0.05) is 30.9 Å². The molecule has 6 rings (SSSR count). The molecule has 1 aromatic carbocycles. The SMILES string of the molecule is C=CC(=O)Nc1ccc(S(=O)(=O)N2C(C)CN(C(=O)C34CC5CC(CC(C5)C3)C4)CC2C)cc1. The first-order chi connectivity index (χ1) is 16.1. The van der Waals surface area contributed by atoms with Gasteiger partial charge in [-0.05, 0) is 100 Å². The zero-order valence-electron chi connectivity index (χ0n) is 20.1. The van der Waals surface area contributed by atoms with Gasteiger partial charge in [0.25, 0.3) is 0 Å². The van der Waals surface area contributed by atoms with E-state index in [9.17, 15) is 18.0 Å². The van der Waals surface area contributed by atoms with Crippen molar-refractivity contribution in [2.75, 3.05) is 18.4 Å². The molecule has 0 aromatic heterocycles. The molecule has 1 aromatic rings. The van der Waals surface area contributed by atoms with Gasteiger partial charge in [0.05, 0.1) is 10.3 Å². The predicted octanol–water partition coefficient (Wildman–Crippen LogP) is 3.64. The van der Waals surface area contributed by atoms with Gasteiger partial charge in [-0.2, -0.15) is 4.31 Å². The summed E-state index contributed by atoms with van der Waals surface area (Å²) >= 11 is 0. The summed E-state index contributed by atoms with van der Waals surface area (Å²) in [5, 5.41) is 2.63. The second-order valence-corrected chi connectivity index (χ2v) is 13.0. The van der Waals surface area contributed by atoms with Crippen molar-refractivity contribution >= 4 is 27.5 Å². The van der Waals surface area contributed by atoms with Gasteiger partial charge in [-0.1, -0.05) is 6.58 Å². The highest BCUT2D eigenvalue weighted by Crippen LogP contribution is 2.60.